The second-order valence-corrected chi connectivity index (χ2v) is 9.46. The number of nitrogens with zero attached hydrogens (tertiary/aromatic N) is 2. The van der Waals surface area contributed by atoms with Crippen LogP contribution in [0.15, 0.2) is 18.2 Å². The molecular weight excluding hydrogens is 400 g/mol. The van der Waals surface area contributed by atoms with Crippen molar-refractivity contribution in [2.24, 2.45) is 11.8 Å². The molecule has 12 heteroatoms. The number of carbonyl (C=O) groups is 1. The van der Waals surface area contributed by atoms with E-state index in [4.69, 9.17) is 0 Å². The van der Waals surface area contributed by atoms with Gasteiger partial charge in [-0.1, -0.05) is 33.8 Å². The van der Waals surface area contributed by atoms with Crippen molar-refractivity contribution in [1.29, 1.82) is 0 Å². The summed E-state index contributed by atoms with van der Waals surface area (Å²) in [7, 11) is -9.78. The van der Waals surface area contributed by atoms with E-state index < -0.39 is 37.8 Å². The first-order valence-electron chi connectivity index (χ1n) is 8.02. The third-order valence-corrected chi connectivity index (χ3v) is 5.17. The van der Waals surface area contributed by atoms with Crippen molar-refractivity contribution in [1.82, 2.24) is 0 Å². The van der Waals surface area contributed by atoms with Gasteiger partial charge in [0.25, 0.3) is 0 Å². The van der Waals surface area contributed by atoms with Crippen LogP contribution in [0.25, 0.3) is 0 Å². The van der Waals surface area contributed by atoms with Gasteiger partial charge in [0.1, 0.15) is 0 Å². The highest BCUT2D eigenvalue weighted by molar-refractivity contribution is 7.87. The molecule has 1 aromatic rings. The van der Waals surface area contributed by atoms with E-state index in [0.717, 1.165) is 12.1 Å². The molecule has 10 nitrogen and oxygen atoms in total. The minimum atomic E-state index is -4.93. The summed E-state index contributed by atoms with van der Waals surface area (Å²) in [5, 5.41) is 9.47. The Hall–Kier alpha value is -1.89. The lowest BCUT2D eigenvalue weighted by Crippen LogP contribution is -2.39. The molecule has 154 valence electrons. The maximum absolute atomic E-state index is 11.9. The van der Waals surface area contributed by atoms with E-state index in [1.165, 1.54) is 6.07 Å². The Morgan fingerprint density at radius 3 is 1.74 bits per heavy atom. The summed E-state index contributed by atoms with van der Waals surface area (Å²) >= 11 is 0. The molecule has 0 fully saturated rings. The molecular formula is C15H24N2O8S2. The first kappa shape index (κ1) is 23.1. The average molecular weight is 424 g/mol. The van der Waals surface area contributed by atoms with Crippen LogP contribution in [0.2, 0.25) is 0 Å². The first-order valence-corrected chi connectivity index (χ1v) is 10.8. The molecule has 0 amide bonds. The fourth-order valence-corrected chi connectivity index (χ4v) is 4.24. The summed E-state index contributed by atoms with van der Waals surface area (Å²) in [4.78, 5) is 11.7. The van der Waals surface area contributed by atoms with E-state index in [2.05, 4.69) is 0 Å². The number of hydrogen-bond donors (Lipinski definition) is 3. The lowest BCUT2D eigenvalue weighted by Gasteiger charge is -2.31. The number of carboxylic acids is 1. The Bertz CT molecular complexity index is 894. The zero-order chi connectivity index (χ0) is 21.2. The summed E-state index contributed by atoms with van der Waals surface area (Å²) < 4.78 is 67.9. The monoisotopic (exact) mass is 424 g/mol. The second-order valence-electron chi connectivity index (χ2n) is 6.78. The molecule has 0 unspecified atom stereocenters. The quantitative estimate of drug-likeness (QED) is 0.508. The number of rotatable bonds is 9. The van der Waals surface area contributed by atoms with Gasteiger partial charge in [0, 0.05) is 13.1 Å². The third kappa shape index (κ3) is 6.06. The Morgan fingerprint density at radius 2 is 1.37 bits per heavy atom. The number of aromatic carboxylic acids is 1. The Balaban J connectivity index is 3.91. The number of carboxylic acid groups (broad SMARTS) is 1. The molecule has 1 aromatic carbocycles. The van der Waals surface area contributed by atoms with E-state index >= 15 is 0 Å². The molecule has 3 N–H and O–H groups in total. The van der Waals surface area contributed by atoms with Gasteiger partial charge in [0.2, 0.25) is 0 Å². The number of para-hydroxylation sites is 1. The molecule has 0 heterocycles. The molecule has 0 aliphatic carbocycles. The van der Waals surface area contributed by atoms with Gasteiger partial charge in [-0.2, -0.15) is 16.8 Å². The Kier molecular flexibility index (Phi) is 7.22. The van der Waals surface area contributed by atoms with Crippen molar-refractivity contribution in [3.63, 3.8) is 0 Å². The summed E-state index contributed by atoms with van der Waals surface area (Å²) in [6.45, 7) is 6.04. The zero-order valence-corrected chi connectivity index (χ0v) is 17.0. The van der Waals surface area contributed by atoms with Crippen LogP contribution in [0.3, 0.4) is 0 Å². The van der Waals surface area contributed by atoms with Gasteiger partial charge in [-0.25, -0.2) is 13.4 Å². The molecule has 0 aliphatic rings. The second kappa shape index (κ2) is 8.42. The van der Waals surface area contributed by atoms with Gasteiger partial charge in [-0.05, 0) is 24.0 Å². The Labute approximate surface area is 159 Å². The predicted molar refractivity (Wildman–Crippen MR) is 101 cm³/mol. The first-order chi connectivity index (χ1) is 12.2. The van der Waals surface area contributed by atoms with Crippen molar-refractivity contribution in [2.45, 2.75) is 27.7 Å². The third-order valence-electron chi connectivity index (χ3n) is 3.38. The molecule has 0 aromatic heterocycles. The van der Waals surface area contributed by atoms with Gasteiger partial charge >= 0.3 is 26.6 Å². The summed E-state index contributed by atoms with van der Waals surface area (Å²) in [5.74, 6) is -2.13. The van der Waals surface area contributed by atoms with Crippen molar-refractivity contribution in [2.75, 3.05) is 21.7 Å². The van der Waals surface area contributed by atoms with Crippen LogP contribution < -0.4 is 8.61 Å². The van der Waals surface area contributed by atoms with E-state index in [0.29, 0.717) is 8.61 Å². The van der Waals surface area contributed by atoms with Gasteiger partial charge in [0.05, 0.1) is 16.9 Å². The van der Waals surface area contributed by atoms with Crippen LogP contribution in [0.4, 0.5) is 11.4 Å². The van der Waals surface area contributed by atoms with Gasteiger partial charge < -0.3 is 5.11 Å². The van der Waals surface area contributed by atoms with E-state index in [9.17, 15) is 35.8 Å². The summed E-state index contributed by atoms with van der Waals surface area (Å²) in [5.41, 5.74) is -1.45. The van der Waals surface area contributed by atoms with Crippen molar-refractivity contribution in [3.8, 4) is 0 Å². The van der Waals surface area contributed by atoms with Gasteiger partial charge in [-0.15, -0.1) is 0 Å². The molecule has 0 radical (unpaired) electrons. The fraction of sp³-hybridized carbons (Fsp3) is 0.533. The van der Waals surface area contributed by atoms with Crippen LogP contribution in [0.5, 0.6) is 0 Å². The molecule has 0 saturated heterocycles. The minimum absolute atomic E-state index is 0.240. The fourth-order valence-electron chi connectivity index (χ4n) is 2.45. The highest BCUT2D eigenvalue weighted by atomic mass is 32.2. The molecule has 0 aliphatic heterocycles. The minimum Gasteiger partial charge on any atom is -0.478 e. The van der Waals surface area contributed by atoms with Gasteiger partial charge in [-0.3, -0.25) is 9.11 Å². The van der Waals surface area contributed by atoms with E-state index in [-0.39, 0.29) is 30.6 Å². The normalized spacial score (nSPS) is 12.4. The lowest BCUT2D eigenvalue weighted by atomic mass is 10.1. The van der Waals surface area contributed by atoms with Crippen molar-refractivity contribution >= 4 is 38.0 Å². The molecule has 0 spiro atoms. The topological polar surface area (TPSA) is 153 Å². The van der Waals surface area contributed by atoms with E-state index in [1.807, 2.05) is 0 Å². The van der Waals surface area contributed by atoms with Crippen molar-refractivity contribution in [3.05, 3.63) is 23.8 Å². The highest BCUT2D eigenvalue weighted by Gasteiger charge is 2.33. The van der Waals surface area contributed by atoms with Crippen LogP contribution in [-0.4, -0.2) is 50.1 Å². The van der Waals surface area contributed by atoms with Crippen LogP contribution in [0, 0.1) is 11.8 Å². The molecule has 0 atom stereocenters. The predicted octanol–water partition coefficient (Wildman–Crippen LogP) is 1.92. The molecule has 0 bridgehead atoms. The summed E-state index contributed by atoms with van der Waals surface area (Å²) in [6, 6.07) is 3.46. The standard InChI is InChI=1S/C15H24N2O8S2/c1-10(2)8-16(26(20,21)22)13-7-5-6-12(15(18)19)14(13)17(9-11(3)4)27(23,24)25/h5-7,10-11H,8-9H2,1-4H3,(H,18,19)(H,20,21,22)(H,23,24,25). The van der Waals surface area contributed by atoms with Crippen LogP contribution in [0.1, 0.15) is 38.1 Å². The number of anilines is 2. The number of hydrogen-bond acceptors (Lipinski definition) is 5. The summed E-state index contributed by atoms with van der Waals surface area (Å²) in [6.07, 6.45) is 0. The SMILES string of the molecule is CC(C)CN(c1cccc(C(=O)O)c1N(CC(C)C)S(=O)(=O)O)S(=O)(=O)O. The Morgan fingerprint density at radius 1 is 0.926 bits per heavy atom. The number of benzene rings is 1. The maximum atomic E-state index is 11.9. The van der Waals surface area contributed by atoms with Crippen LogP contribution >= 0.6 is 0 Å². The smallest absolute Gasteiger partial charge is 0.360 e. The largest absolute Gasteiger partial charge is 0.478 e. The van der Waals surface area contributed by atoms with Crippen molar-refractivity contribution < 1.29 is 35.8 Å². The molecule has 1 rings (SSSR count). The molecule has 0 saturated carbocycles. The molecule has 27 heavy (non-hydrogen) atoms. The van der Waals surface area contributed by atoms with Crippen LogP contribution in [-0.2, 0) is 20.6 Å². The lowest BCUT2D eigenvalue weighted by molar-refractivity contribution is 0.0697. The zero-order valence-electron chi connectivity index (χ0n) is 15.4. The average Bonchev–Trinajstić information content (AvgIpc) is 2.47. The highest BCUT2D eigenvalue weighted by Crippen LogP contribution is 2.37. The maximum Gasteiger partial charge on any atom is 0.360 e. The van der Waals surface area contributed by atoms with Gasteiger partial charge in [0.15, 0.2) is 0 Å². The van der Waals surface area contributed by atoms with E-state index in [1.54, 1.807) is 27.7 Å².